The standard InChI is InChI=1S/C11H11BrIN3S/c1-2-3-7-8(13)10(14)16-11(15-7)9-6(12)4-5-17-9/h4-5H,2-3H2,1H3,(H2,14,15,16). The molecule has 0 radical (unpaired) electrons. The van der Waals surface area contributed by atoms with Crippen molar-refractivity contribution in [3.05, 3.63) is 25.2 Å². The highest BCUT2D eigenvalue weighted by Gasteiger charge is 2.13. The zero-order valence-electron chi connectivity index (χ0n) is 9.20. The van der Waals surface area contributed by atoms with Gasteiger partial charge in [-0.15, -0.1) is 11.3 Å². The van der Waals surface area contributed by atoms with Gasteiger partial charge in [0.2, 0.25) is 0 Å². The molecule has 2 N–H and O–H groups in total. The van der Waals surface area contributed by atoms with E-state index in [9.17, 15) is 0 Å². The Kier molecular flexibility index (Phi) is 4.37. The van der Waals surface area contributed by atoms with E-state index in [0.717, 1.165) is 31.5 Å². The monoisotopic (exact) mass is 423 g/mol. The number of rotatable bonds is 3. The predicted octanol–water partition coefficient (Wildman–Crippen LogP) is 4.11. The summed E-state index contributed by atoms with van der Waals surface area (Å²) in [7, 11) is 0. The van der Waals surface area contributed by atoms with Crippen molar-refractivity contribution in [1.29, 1.82) is 0 Å². The molecule has 0 amide bonds. The van der Waals surface area contributed by atoms with Crippen LogP contribution in [-0.2, 0) is 6.42 Å². The van der Waals surface area contributed by atoms with Gasteiger partial charge >= 0.3 is 0 Å². The van der Waals surface area contributed by atoms with E-state index in [-0.39, 0.29) is 0 Å². The molecule has 0 aliphatic carbocycles. The fourth-order valence-corrected chi connectivity index (χ4v) is 3.46. The summed E-state index contributed by atoms with van der Waals surface area (Å²) in [5.41, 5.74) is 6.98. The topological polar surface area (TPSA) is 51.8 Å². The van der Waals surface area contributed by atoms with Gasteiger partial charge in [-0.25, -0.2) is 9.97 Å². The van der Waals surface area contributed by atoms with Gasteiger partial charge < -0.3 is 5.73 Å². The largest absolute Gasteiger partial charge is 0.383 e. The van der Waals surface area contributed by atoms with E-state index >= 15 is 0 Å². The van der Waals surface area contributed by atoms with E-state index in [1.54, 1.807) is 11.3 Å². The number of nitrogens with zero attached hydrogens (tertiary/aromatic N) is 2. The summed E-state index contributed by atoms with van der Waals surface area (Å²) >= 11 is 7.32. The van der Waals surface area contributed by atoms with Crippen molar-refractivity contribution in [3.8, 4) is 10.7 Å². The van der Waals surface area contributed by atoms with E-state index in [1.165, 1.54) is 0 Å². The highest BCUT2D eigenvalue weighted by atomic mass is 127. The van der Waals surface area contributed by atoms with E-state index in [4.69, 9.17) is 5.73 Å². The van der Waals surface area contributed by atoms with Crippen molar-refractivity contribution in [1.82, 2.24) is 9.97 Å². The van der Waals surface area contributed by atoms with Gasteiger partial charge in [0, 0.05) is 4.47 Å². The Morgan fingerprint density at radius 3 is 2.82 bits per heavy atom. The van der Waals surface area contributed by atoms with Gasteiger partial charge in [0.15, 0.2) is 5.82 Å². The minimum atomic E-state index is 0.569. The van der Waals surface area contributed by atoms with Crippen LogP contribution in [0.2, 0.25) is 0 Å². The summed E-state index contributed by atoms with van der Waals surface area (Å²) in [4.78, 5) is 10.00. The van der Waals surface area contributed by atoms with Gasteiger partial charge in [-0.3, -0.25) is 0 Å². The number of halogens is 2. The molecule has 17 heavy (non-hydrogen) atoms. The molecular weight excluding hydrogens is 413 g/mol. The molecule has 0 saturated carbocycles. The van der Waals surface area contributed by atoms with Gasteiger partial charge in [0.1, 0.15) is 5.82 Å². The molecular formula is C11H11BrIN3S. The molecule has 2 aromatic rings. The molecule has 0 atom stereocenters. The number of aromatic nitrogens is 2. The zero-order chi connectivity index (χ0) is 12.4. The molecule has 0 aliphatic rings. The second kappa shape index (κ2) is 5.62. The molecule has 2 rings (SSSR count). The van der Waals surface area contributed by atoms with Crippen LogP contribution in [0.1, 0.15) is 19.0 Å². The average Bonchev–Trinajstić information content (AvgIpc) is 2.71. The number of nitrogens with two attached hydrogens (primary N) is 1. The van der Waals surface area contributed by atoms with Gasteiger partial charge in [-0.2, -0.15) is 0 Å². The summed E-state index contributed by atoms with van der Waals surface area (Å²) in [5, 5.41) is 2.01. The average molecular weight is 424 g/mol. The summed E-state index contributed by atoms with van der Waals surface area (Å²) in [5.74, 6) is 1.28. The minimum Gasteiger partial charge on any atom is -0.383 e. The molecule has 6 heteroatoms. The van der Waals surface area contributed by atoms with Gasteiger partial charge in [-0.05, 0) is 56.4 Å². The Hall–Kier alpha value is -0.210. The smallest absolute Gasteiger partial charge is 0.173 e. The van der Waals surface area contributed by atoms with Crippen molar-refractivity contribution < 1.29 is 0 Å². The first-order chi connectivity index (χ1) is 8.13. The third kappa shape index (κ3) is 2.79. The third-order valence-electron chi connectivity index (χ3n) is 2.25. The summed E-state index contributed by atoms with van der Waals surface area (Å²) < 4.78 is 1.99. The maximum Gasteiger partial charge on any atom is 0.173 e. The van der Waals surface area contributed by atoms with Crippen LogP contribution in [0.25, 0.3) is 10.7 Å². The lowest BCUT2D eigenvalue weighted by atomic mass is 10.2. The lowest BCUT2D eigenvalue weighted by molar-refractivity contribution is 0.869. The van der Waals surface area contributed by atoms with Crippen LogP contribution < -0.4 is 5.73 Å². The second-order valence-corrected chi connectivity index (χ2v) is 6.39. The minimum absolute atomic E-state index is 0.569. The van der Waals surface area contributed by atoms with E-state index in [0.29, 0.717) is 11.6 Å². The molecule has 0 bridgehead atoms. The second-order valence-electron chi connectivity index (χ2n) is 3.54. The zero-order valence-corrected chi connectivity index (χ0v) is 13.8. The van der Waals surface area contributed by atoms with Crippen molar-refractivity contribution >= 4 is 55.7 Å². The Bertz CT molecular complexity index is 542. The van der Waals surface area contributed by atoms with Gasteiger partial charge in [-0.1, -0.05) is 13.3 Å². The fourth-order valence-electron chi connectivity index (χ4n) is 1.47. The lowest BCUT2D eigenvalue weighted by Crippen LogP contribution is -2.04. The predicted molar refractivity (Wildman–Crippen MR) is 84.2 cm³/mol. The van der Waals surface area contributed by atoms with Gasteiger partial charge in [0.05, 0.1) is 14.1 Å². The third-order valence-corrected chi connectivity index (χ3v) is 5.26. The molecule has 3 nitrogen and oxygen atoms in total. The maximum atomic E-state index is 5.94. The molecule has 0 aromatic carbocycles. The van der Waals surface area contributed by atoms with Crippen molar-refractivity contribution in [2.75, 3.05) is 5.73 Å². The quantitative estimate of drug-likeness (QED) is 0.756. The van der Waals surface area contributed by atoms with Crippen molar-refractivity contribution in [2.24, 2.45) is 0 Å². The molecule has 0 aliphatic heterocycles. The first-order valence-electron chi connectivity index (χ1n) is 5.18. The Morgan fingerprint density at radius 2 is 2.24 bits per heavy atom. The lowest BCUT2D eigenvalue weighted by Gasteiger charge is -2.07. The molecule has 0 unspecified atom stereocenters. The van der Waals surface area contributed by atoms with Crippen molar-refractivity contribution in [2.45, 2.75) is 19.8 Å². The summed E-state index contributed by atoms with van der Waals surface area (Å²) in [6.07, 6.45) is 1.98. The summed E-state index contributed by atoms with van der Waals surface area (Å²) in [6, 6.07) is 2.00. The van der Waals surface area contributed by atoms with E-state index in [2.05, 4.69) is 55.4 Å². The Labute approximate surface area is 126 Å². The first kappa shape index (κ1) is 13.2. The van der Waals surface area contributed by atoms with Crippen LogP contribution in [0, 0.1) is 3.57 Å². The maximum absolute atomic E-state index is 5.94. The van der Waals surface area contributed by atoms with Crippen LogP contribution in [0.5, 0.6) is 0 Å². The molecule has 2 heterocycles. The van der Waals surface area contributed by atoms with Crippen LogP contribution in [0.4, 0.5) is 5.82 Å². The van der Waals surface area contributed by atoms with Crippen LogP contribution >= 0.6 is 49.9 Å². The molecule has 90 valence electrons. The van der Waals surface area contributed by atoms with Crippen LogP contribution in [0.3, 0.4) is 0 Å². The molecule has 0 fully saturated rings. The number of thiophene rings is 1. The highest BCUT2D eigenvalue weighted by Crippen LogP contribution is 2.32. The van der Waals surface area contributed by atoms with E-state index < -0.39 is 0 Å². The molecule has 0 saturated heterocycles. The van der Waals surface area contributed by atoms with Crippen LogP contribution in [-0.4, -0.2) is 9.97 Å². The van der Waals surface area contributed by atoms with Gasteiger partial charge in [0.25, 0.3) is 0 Å². The summed E-state index contributed by atoms with van der Waals surface area (Å²) in [6.45, 7) is 2.13. The fraction of sp³-hybridized carbons (Fsp3) is 0.273. The number of hydrogen-bond donors (Lipinski definition) is 1. The van der Waals surface area contributed by atoms with Crippen LogP contribution in [0.15, 0.2) is 15.9 Å². The number of nitrogen functional groups attached to an aromatic ring is 1. The number of aryl methyl sites for hydroxylation is 1. The molecule has 2 aromatic heterocycles. The first-order valence-corrected chi connectivity index (χ1v) is 7.93. The van der Waals surface area contributed by atoms with Crippen molar-refractivity contribution in [3.63, 3.8) is 0 Å². The normalized spacial score (nSPS) is 10.8. The highest BCUT2D eigenvalue weighted by molar-refractivity contribution is 14.1. The number of anilines is 1. The Balaban J connectivity index is 2.53. The number of hydrogen-bond acceptors (Lipinski definition) is 4. The van der Waals surface area contributed by atoms with E-state index in [1.807, 2.05) is 11.4 Å². The Morgan fingerprint density at radius 1 is 1.47 bits per heavy atom. The molecule has 0 spiro atoms. The SMILES string of the molecule is CCCc1nc(-c2sccc2Br)nc(N)c1I.